The predicted molar refractivity (Wildman–Crippen MR) is 119 cm³/mol. The monoisotopic (exact) mass is 480 g/mol. The second kappa shape index (κ2) is 8.70. The minimum absolute atomic E-state index is 0.00926. The van der Waals surface area contributed by atoms with Crippen molar-refractivity contribution in [1.82, 2.24) is 14.5 Å². The Morgan fingerprint density at radius 2 is 2.06 bits per heavy atom. The highest BCUT2D eigenvalue weighted by molar-refractivity contribution is 7.91. The van der Waals surface area contributed by atoms with Crippen LogP contribution in [0, 0.1) is 19.8 Å². The van der Waals surface area contributed by atoms with Gasteiger partial charge in [-0.05, 0) is 50.5 Å². The first kappa shape index (κ1) is 21.9. The first-order valence-electron chi connectivity index (χ1n) is 9.71. The largest absolute Gasteiger partial charge is 0.403 e. The van der Waals surface area contributed by atoms with Crippen LogP contribution in [0.5, 0.6) is 0 Å². The number of halogens is 1. The minimum Gasteiger partial charge on any atom is -0.403 e. The van der Waals surface area contributed by atoms with Gasteiger partial charge < -0.3 is 4.42 Å². The number of carbonyl (C=O) groups excluding carboxylic acids is 1. The second-order valence-electron chi connectivity index (χ2n) is 7.48. The molecule has 164 valence electrons. The molecule has 31 heavy (non-hydrogen) atoms. The van der Waals surface area contributed by atoms with Crippen LogP contribution in [-0.2, 0) is 14.8 Å². The fourth-order valence-corrected chi connectivity index (χ4v) is 6.74. The maximum absolute atomic E-state index is 12.8. The summed E-state index contributed by atoms with van der Waals surface area (Å²) in [4.78, 5) is 12.8. The van der Waals surface area contributed by atoms with Gasteiger partial charge in [0.2, 0.25) is 11.8 Å². The van der Waals surface area contributed by atoms with Crippen molar-refractivity contribution in [3.63, 3.8) is 0 Å². The van der Waals surface area contributed by atoms with Gasteiger partial charge in [0.05, 0.1) is 10.3 Å². The van der Waals surface area contributed by atoms with E-state index >= 15 is 0 Å². The molecule has 1 N–H and O–H groups in total. The molecule has 1 aromatic carbocycles. The van der Waals surface area contributed by atoms with Crippen molar-refractivity contribution in [2.75, 3.05) is 18.4 Å². The van der Waals surface area contributed by atoms with Gasteiger partial charge in [-0.25, -0.2) is 8.42 Å². The Balaban J connectivity index is 1.45. The van der Waals surface area contributed by atoms with Crippen LogP contribution in [0.25, 0.3) is 11.5 Å². The number of rotatable bonds is 5. The number of hydrogen-bond donors (Lipinski definition) is 1. The van der Waals surface area contributed by atoms with E-state index in [1.165, 1.54) is 10.4 Å². The Labute approximate surface area is 189 Å². The van der Waals surface area contributed by atoms with Gasteiger partial charge in [0.1, 0.15) is 4.21 Å². The number of carbonyl (C=O) groups is 1. The molecule has 0 spiro atoms. The van der Waals surface area contributed by atoms with E-state index in [0.29, 0.717) is 29.6 Å². The van der Waals surface area contributed by atoms with Gasteiger partial charge in [0.25, 0.3) is 10.0 Å². The first-order valence-corrected chi connectivity index (χ1v) is 12.3. The Morgan fingerprint density at radius 3 is 2.77 bits per heavy atom. The molecule has 8 nitrogen and oxygen atoms in total. The van der Waals surface area contributed by atoms with Crippen LogP contribution in [0.4, 0.5) is 6.01 Å². The molecule has 1 unspecified atom stereocenters. The number of anilines is 1. The predicted octanol–water partition coefficient (Wildman–Crippen LogP) is 4.11. The molecule has 11 heteroatoms. The molecule has 1 atom stereocenters. The van der Waals surface area contributed by atoms with E-state index in [1.807, 2.05) is 32.0 Å². The smallest absolute Gasteiger partial charge is 0.322 e. The standard InChI is InChI=1S/C20H21ClN4O4S2/c1-12-5-6-15(13(2)10-12)19-23-24-20(29-19)22-18(26)14-4-3-9-25(11-14)31(27,28)17-8-7-16(21)30-17/h5-8,10,14H,3-4,9,11H2,1-2H3,(H,22,24,26). The summed E-state index contributed by atoms with van der Waals surface area (Å²) < 4.78 is 33.2. The zero-order valence-electron chi connectivity index (χ0n) is 17.0. The third-order valence-electron chi connectivity index (χ3n) is 5.17. The topological polar surface area (TPSA) is 105 Å². The lowest BCUT2D eigenvalue weighted by atomic mass is 9.99. The number of aromatic nitrogens is 2. The zero-order valence-corrected chi connectivity index (χ0v) is 19.4. The highest BCUT2D eigenvalue weighted by Gasteiger charge is 2.34. The van der Waals surface area contributed by atoms with E-state index in [1.54, 1.807) is 6.07 Å². The number of nitrogens with zero attached hydrogens (tertiary/aromatic N) is 3. The van der Waals surface area contributed by atoms with Crippen LogP contribution < -0.4 is 5.32 Å². The Bertz CT molecular complexity index is 1220. The third kappa shape index (κ3) is 4.67. The van der Waals surface area contributed by atoms with Crippen molar-refractivity contribution in [2.24, 2.45) is 5.92 Å². The quantitative estimate of drug-likeness (QED) is 0.589. The van der Waals surface area contributed by atoms with E-state index in [4.69, 9.17) is 16.0 Å². The zero-order chi connectivity index (χ0) is 22.2. The Morgan fingerprint density at radius 1 is 1.26 bits per heavy atom. The van der Waals surface area contributed by atoms with Crippen molar-refractivity contribution in [2.45, 2.75) is 30.9 Å². The van der Waals surface area contributed by atoms with Crippen LogP contribution >= 0.6 is 22.9 Å². The molecule has 1 aliphatic heterocycles. The van der Waals surface area contributed by atoms with Gasteiger partial charge in [-0.3, -0.25) is 10.1 Å². The molecule has 2 aromatic heterocycles. The number of amides is 1. The van der Waals surface area contributed by atoms with Crippen LogP contribution in [0.3, 0.4) is 0 Å². The summed E-state index contributed by atoms with van der Waals surface area (Å²) >= 11 is 6.89. The molecular weight excluding hydrogens is 460 g/mol. The summed E-state index contributed by atoms with van der Waals surface area (Å²) in [6.07, 6.45) is 1.15. The SMILES string of the molecule is Cc1ccc(-c2nnc(NC(=O)C3CCCN(S(=O)(=O)c4ccc(Cl)s4)C3)o2)c(C)c1. The molecule has 0 radical (unpaired) electrons. The molecule has 3 heterocycles. The molecule has 1 aliphatic rings. The molecule has 0 aliphatic carbocycles. The van der Waals surface area contributed by atoms with E-state index in [2.05, 4.69) is 15.5 Å². The fourth-order valence-electron chi connectivity index (χ4n) is 3.58. The summed E-state index contributed by atoms with van der Waals surface area (Å²) in [5.74, 6) is -0.550. The van der Waals surface area contributed by atoms with E-state index in [-0.39, 0.29) is 22.7 Å². The first-order chi connectivity index (χ1) is 14.7. The highest BCUT2D eigenvalue weighted by Crippen LogP contribution is 2.31. The summed E-state index contributed by atoms with van der Waals surface area (Å²) in [6, 6.07) is 8.88. The van der Waals surface area contributed by atoms with Gasteiger partial charge in [-0.15, -0.1) is 16.4 Å². The van der Waals surface area contributed by atoms with Gasteiger partial charge in [-0.1, -0.05) is 34.4 Å². The number of aryl methyl sites for hydroxylation is 2. The van der Waals surface area contributed by atoms with Crippen molar-refractivity contribution in [3.05, 3.63) is 45.8 Å². The molecule has 0 saturated carbocycles. The van der Waals surface area contributed by atoms with Crippen molar-refractivity contribution in [3.8, 4) is 11.5 Å². The molecule has 3 aromatic rings. The normalized spacial score (nSPS) is 17.6. The lowest BCUT2D eigenvalue weighted by molar-refractivity contribution is -0.121. The number of hydrogen-bond acceptors (Lipinski definition) is 7. The Kier molecular flexibility index (Phi) is 6.16. The average Bonchev–Trinajstić information content (AvgIpc) is 3.37. The molecular formula is C20H21ClN4O4S2. The van der Waals surface area contributed by atoms with Gasteiger partial charge in [-0.2, -0.15) is 4.31 Å². The number of thiophene rings is 1. The summed E-state index contributed by atoms with van der Waals surface area (Å²) in [5.41, 5.74) is 2.90. The van der Waals surface area contributed by atoms with Crippen LogP contribution in [0.2, 0.25) is 4.34 Å². The lowest BCUT2D eigenvalue weighted by Crippen LogP contribution is -2.43. The molecule has 1 amide bonds. The van der Waals surface area contributed by atoms with E-state index in [9.17, 15) is 13.2 Å². The lowest BCUT2D eigenvalue weighted by Gasteiger charge is -2.30. The summed E-state index contributed by atoms with van der Waals surface area (Å²) in [6.45, 7) is 4.39. The number of nitrogens with one attached hydrogen (secondary N) is 1. The summed E-state index contributed by atoms with van der Waals surface area (Å²) in [7, 11) is -3.68. The fraction of sp³-hybridized carbons (Fsp3) is 0.350. The van der Waals surface area contributed by atoms with Gasteiger partial charge in [0.15, 0.2) is 0 Å². The van der Waals surface area contributed by atoms with Crippen LogP contribution in [-0.4, -0.2) is 41.9 Å². The Hall–Kier alpha value is -2.27. The summed E-state index contributed by atoms with van der Waals surface area (Å²) in [5, 5.41) is 10.6. The highest BCUT2D eigenvalue weighted by atomic mass is 35.5. The number of piperidine rings is 1. The molecule has 1 saturated heterocycles. The minimum atomic E-state index is -3.68. The second-order valence-corrected chi connectivity index (χ2v) is 11.4. The van der Waals surface area contributed by atoms with Crippen LogP contribution in [0.15, 0.2) is 39.0 Å². The average molecular weight is 481 g/mol. The van der Waals surface area contributed by atoms with Crippen molar-refractivity contribution in [1.29, 1.82) is 0 Å². The molecule has 0 bridgehead atoms. The molecule has 4 rings (SSSR count). The maximum Gasteiger partial charge on any atom is 0.322 e. The van der Waals surface area contributed by atoms with Gasteiger partial charge in [0, 0.05) is 18.7 Å². The number of benzene rings is 1. The van der Waals surface area contributed by atoms with E-state index in [0.717, 1.165) is 28.0 Å². The molecule has 1 fully saturated rings. The maximum atomic E-state index is 12.8. The van der Waals surface area contributed by atoms with Crippen molar-refractivity contribution < 1.29 is 17.6 Å². The van der Waals surface area contributed by atoms with Crippen molar-refractivity contribution >= 4 is 44.9 Å². The van der Waals surface area contributed by atoms with Crippen LogP contribution in [0.1, 0.15) is 24.0 Å². The number of sulfonamides is 1. The third-order valence-corrected chi connectivity index (χ3v) is 8.73. The van der Waals surface area contributed by atoms with Gasteiger partial charge >= 0.3 is 6.01 Å². The van der Waals surface area contributed by atoms with E-state index < -0.39 is 15.9 Å².